The van der Waals surface area contributed by atoms with E-state index in [1.54, 1.807) is 0 Å². The number of amides is 1. The SMILES string of the molecule is Cc1ccc(NC(=O)CCC#N)cc1Br. The highest BCUT2D eigenvalue weighted by molar-refractivity contribution is 9.10. The van der Waals surface area contributed by atoms with Crippen molar-refractivity contribution in [2.24, 2.45) is 0 Å². The Kier molecular flexibility index (Phi) is 4.32. The Morgan fingerprint density at radius 1 is 1.60 bits per heavy atom. The van der Waals surface area contributed by atoms with Gasteiger partial charge in [0.05, 0.1) is 6.07 Å². The zero-order valence-corrected chi connectivity index (χ0v) is 9.97. The van der Waals surface area contributed by atoms with Crippen LogP contribution < -0.4 is 5.32 Å². The standard InChI is InChI=1S/C11H11BrN2O/c1-8-4-5-9(7-10(8)12)14-11(15)3-2-6-13/h4-5,7H,2-3H2,1H3,(H,14,15). The van der Waals surface area contributed by atoms with Gasteiger partial charge in [0.15, 0.2) is 0 Å². The van der Waals surface area contributed by atoms with Crippen molar-refractivity contribution >= 4 is 27.5 Å². The number of nitrogens with one attached hydrogen (secondary N) is 1. The van der Waals surface area contributed by atoms with E-state index in [0.717, 1.165) is 15.7 Å². The van der Waals surface area contributed by atoms with Crippen LogP contribution in [0.1, 0.15) is 18.4 Å². The third kappa shape index (κ3) is 3.72. The Hall–Kier alpha value is -1.34. The Morgan fingerprint density at radius 2 is 2.33 bits per heavy atom. The molecule has 0 heterocycles. The van der Waals surface area contributed by atoms with Crippen LogP contribution in [0, 0.1) is 18.3 Å². The molecule has 0 radical (unpaired) electrons. The maximum absolute atomic E-state index is 11.3. The number of nitrogens with zero attached hydrogens (tertiary/aromatic N) is 1. The molecule has 15 heavy (non-hydrogen) atoms. The van der Waals surface area contributed by atoms with E-state index in [0.29, 0.717) is 0 Å². The molecule has 3 nitrogen and oxygen atoms in total. The van der Waals surface area contributed by atoms with E-state index >= 15 is 0 Å². The van der Waals surface area contributed by atoms with Gasteiger partial charge in [-0.25, -0.2) is 0 Å². The van der Waals surface area contributed by atoms with Gasteiger partial charge in [-0.15, -0.1) is 0 Å². The zero-order valence-electron chi connectivity index (χ0n) is 8.38. The number of carbonyl (C=O) groups excluding carboxylic acids is 1. The van der Waals surface area contributed by atoms with Crippen LogP contribution in [-0.2, 0) is 4.79 Å². The molecular formula is C11H11BrN2O. The van der Waals surface area contributed by atoms with E-state index in [2.05, 4.69) is 21.2 Å². The largest absolute Gasteiger partial charge is 0.326 e. The van der Waals surface area contributed by atoms with E-state index in [9.17, 15) is 4.79 Å². The van der Waals surface area contributed by atoms with Crippen LogP contribution in [0.5, 0.6) is 0 Å². The van der Waals surface area contributed by atoms with Crippen molar-refractivity contribution in [3.8, 4) is 6.07 Å². The van der Waals surface area contributed by atoms with Gasteiger partial charge in [0, 0.05) is 23.0 Å². The molecule has 1 aromatic carbocycles. The molecule has 0 aliphatic heterocycles. The lowest BCUT2D eigenvalue weighted by atomic mass is 10.2. The van der Waals surface area contributed by atoms with Crippen molar-refractivity contribution in [2.45, 2.75) is 19.8 Å². The first-order valence-corrected chi connectivity index (χ1v) is 5.35. The minimum absolute atomic E-state index is 0.132. The van der Waals surface area contributed by atoms with Crippen molar-refractivity contribution in [2.75, 3.05) is 5.32 Å². The van der Waals surface area contributed by atoms with Gasteiger partial charge >= 0.3 is 0 Å². The third-order valence-corrected chi connectivity index (χ3v) is 2.77. The zero-order chi connectivity index (χ0) is 11.3. The Labute approximate surface area is 97.2 Å². The van der Waals surface area contributed by atoms with Crippen molar-refractivity contribution in [1.82, 2.24) is 0 Å². The highest BCUT2D eigenvalue weighted by Crippen LogP contribution is 2.20. The molecule has 0 unspecified atom stereocenters. The number of benzene rings is 1. The molecule has 0 spiro atoms. The smallest absolute Gasteiger partial charge is 0.225 e. The minimum atomic E-state index is -0.132. The molecule has 0 atom stereocenters. The van der Waals surface area contributed by atoms with Gasteiger partial charge in [0.2, 0.25) is 5.91 Å². The van der Waals surface area contributed by atoms with E-state index in [1.165, 1.54) is 0 Å². The van der Waals surface area contributed by atoms with Gasteiger partial charge in [-0.3, -0.25) is 4.79 Å². The van der Waals surface area contributed by atoms with Crippen LogP contribution in [0.4, 0.5) is 5.69 Å². The number of hydrogen-bond acceptors (Lipinski definition) is 2. The summed E-state index contributed by atoms with van der Waals surface area (Å²) in [5.74, 6) is -0.132. The van der Waals surface area contributed by atoms with Gasteiger partial charge in [-0.2, -0.15) is 5.26 Å². The third-order valence-electron chi connectivity index (χ3n) is 1.92. The fourth-order valence-corrected chi connectivity index (χ4v) is 1.44. The van der Waals surface area contributed by atoms with E-state index in [1.807, 2.05) is 31.2 Å². The molecule has 1 rings (SSSR count). The van der Waals surface area contributed by atoms with Gasteiger partial charge in [-0.05, 0) is 24.6 Å². The van der Waals surface area contributed by atoms with Gasteiger partial charge in [0.25, 0.3) is 0 Å². The number of nitriles is 1. The molecule has 1 N–H and O–H groups in total. The lowest BCUT2D eigenvalue weighted by Crippen LogP contribution is -2.10. The normalized spacial score (nSPS) is 9.40. The molecule has 0 aromatic heterocycles. The average molecular weight is 267 g/mol. The Morgan fingerprint density at radius 3 is 2.93 bits per heavy atom. The van der Waals surface area contributed by atoms with Crippen molar-refractivity contribution in [3.05, 3.63) is 28.2 Å². The first-order valence-electron chi connectivity index (χ1n) is 4.56. The summed E-state index contributed by atoms with van der Waals surface area (Å²) in [7, 11) is 0. The van der Waals surface area contributed by atoms with Gasteiger partial charge in [0.1, 0.15) is 0 Å². The lowest BCUT2D eigenvalue weighted by molar-refractivity contribution is -0.116. The maximum Gasteiger partial charge on any atom is 0.225 e. The second-order valence-electron chi connectivity index (χ2n) is 3.17. The number of aryl methyl sites for hydroxylation is 1. The van der Waals surface area contributed by atoms with Crippen molar-refractivity contribution in [3.63, 3.8) is 0 Å². The van der Waals surface area contributed by atoms with Gasteiger partial charge < -0.3 is 5.32 Å². The molecule has 1 amide bonds. The Balaban J connectivity index is 2.62. The molecule has 0 bridgehead atoms. The number of anilines is 1. The van der Waals surface area contributed by atoms with Crippen LogP contribution in [-0.4, -0.2) is 5.91 Å². The predicted octanol–water partition coefficient (Wildman–Crippen LogP) is 3.00. The summed E-state index contributed by atoms with van der Waals surface area (Å²) >= 11 is 3.38. The summed E-state index contributed by atoms with van der Waals surface area (Å²) in [5.41, 5.74) is 1.86. The van der Waals surface area contributed by atoms with Crippen LogP contribution >= 0.6 is 15.9 Å². The number of halogens is 1. The summed E-state index contributed by atoms with van der Waals surface area (Å²) in [6.45, 7) is 1.98. The molecule has 0 saturated heterocycles. The molecule has 0 fully saturated rings. The summed E-state index contributed by atoms with van der Waals surface area (Å²) in [4.78, 5) is 11.3. The van der Waals surface area contributed by atoms with Crippen molar-refractivity contribution in [1.29, 1.82) is 5.26 Å². The second kappa shape index (κ2) is 5.52. The molecule has 0 saturated carbocycles. The molecule has 0 aliphatic rings. The highest BCUT2D eigenvalue weighted by Gasteiger charge is 2.02. The van der Waals surface area contributed by atoms with Gasteiger partial charge in [-0.1, -0.05) is 22.0 Å². The van der Waals surface area contributed by atoms with Crippen molar-refractivity contribution < 1.29 is 4.79 Å². The number of rotatable bonds is 3. The molecule has 4 heteroatoms. The minimum Gasteiger partial charge on any atom is -0.326 e. The Bertz CT molecular complexity index is 410. The fraction of sp³-hybridized carbons (Fsp3) is 0.273. The average Bonchev–Trinajstić information content (AvgIpc) is 2.20. The quantitative estimate of drug-likeness (QED) is 0.915. The summed E-state index contributed by atoms with van der Waals surface area (Å²) in [6, 6.07) is 7.54. The lowest BCUT2D eigenvalue weighted by Gasteiger charge is -2.05. The van der Waals surface area contributed by atoms with E-state index in [-0.39, 0.29) is 18.7 Å². The monoisotopic (exact) mass is 266 g/mol. The maximum atomic E-state index is 11.3. The predicted molar refractivity (Wildman–Crippen MR) is 62.4 cm³/mol. The van der Waals surface area contributed by atoms with Crippen LogP contribution in [0.3, 0.4) is 0 Å². The highest BCUT2D eigenvalue weighted by atomic mass is 79.9. The van der Waals surface area contributed by atoms with E-state index < -0.39 is 0 Å². The molecule has 78 valence electrons. The molecule has 1 aromatic rings. The molecule has 0 aliphatic carbocycles. The number of hydrogen-bond donors (Lipinski definition) is 1. The topological polar surface area (TPSA) is 52.9 Å². The summed E-state index contributed by atoms with van der Waals surface area (Å²) in [6.07, 6.45) is 0.487. The summed E-state index contributed by atoms with van der Waals surface area (Å²) in [5, 5.41) is 11.0. The van der Waals surface area contributed by atoms with Crippen LogP contribution in [0.25, 0.3) is 0 Å². The fourth-order valence-electron chi connectivity index (χ4n) is 1.06. The summed E-state index contributed by atoms with van der Waals surface area (Å²) < 4.78 is 0.959. The van der Waals surface area contributed by atoms with Crippen LogP contribution in [0.2, 0.25) is 0 Å². The molecular weight excluding hydrogens is 256 g/mol. The first-order chi connectivity index (χ1) is 7.13. The second-order valence-corrected chi connectivity index (χ2v) is 4.02. The number of carbonyl (C=O) groups is 1. The first kappa shape index (κ1) is 11.7. The van der Waals surface area contributed by atoms with E-state index in [4.69, 9.17) is 5.26 Å². The van der Waals surface area contributed by atoms with Crippen LogP contribution in [0.15, 0.2) is 22.7 Å².